The minimum atomic E-state index is -0.514. The van der Waals surface area contributed by atoms with Crippen LogP contribution < -0.4 is 20.3 Å². The Balaban J connectivity index is 1.26. The second kappa shape index (κ2) is 8.85. The van der Waals surface area contributed by atoms with Crippen LogP contribution in [0.15, 0.2) is 18.2 Å². The van der Waals surface area contributed by atoms with E-state index in [-0.39, 0.29) is 30.8 Å². The summed E-state index contributed by atoms with van der Waals surface area (Å²) in [6, 6.07) is 5.33. The predicted molar refractivity (Wildman–Crippen MR) is 117 cm³/mol. The number of ether oxygens (including phenoxy) is 3. The number of carbonyl (C=O) groups excluding carboxylic acids is 3. The van der Waals surface area contributed by atoms with Crippen LogP contribution in [-0.2, 0) is 14.3 Å². The van der Waals surface area contributed by atoms with Gasteiger partial charge in [0.25, 0.3) is 5.91 Å². The normalized spacial score (nSPS) is 22.0. The number of nitrogens with one attached hydrogen (secondary N) is 2. The molecule has 2 saturated heterocycles. The molecular weight excluding hydrogens is 416 g/mol. The third kappa shape index (κ3) is 5.42. The molecule has 0 saturated carbocycles. The van der Waals surface area contributed by atoms with Crippen molar-refractivity contribution >= 4 is 29.5 Å². The van der Waals surface area contributed by atoms with Gasteiger partial charge >= 0.3 is 12.2 Å². The van der Waals surface area contributed by atoms with Crippen molar-refractivity contribution in [2.45, 2.75) is 51.4 Å². The lowest BCUT2D eigenvalue weighted by molar-refractivity contribution is -0.118. The van der Waals surface area contributed by atoms with Crippen molar-refractivity contribution in [3.63, 3.8) is 0 Å². The number of anilines is 2. The largest absolute Gasteiger partial charge is 0.482 e. The van der Waals surface area contributed by atoms with Gasteiger partial charge in [-0.3, -0.25) is 14.6 Å². The molecule has 10 nitrogen and oxygen atoms in total. The zero-order chi connectivity index (χ0) is 22.9. The van der Waals surface area contributed by atoms with E-state index in [0.29, 0.717) is 30.2 Å². The van der Waals surface area contributed by atoms with Gasteiger partial charge in [0.15, 0.2) is 6.61 Å². The van der Waals surface area contributed by atoms with Crippen molar-refractivity contribution in [1.29, 1.82) is 0 Å². The number of hydrogen-bond donors (Lipinski definition) is 2. The smallest absolute Gasteiger partial charge is 0.414 e. The molecule has 2 fully saturated rings. The summed E-state index contributed by atoms with van der Waals surface area (Å²) in [6.45, 7) is 8.19. The van der Waals surface area contributed by atoms with Crippen LogP contribution in [0.5, 0.6) is 5.75 Å². The van der Waals surface area contributed by atoms with Crippen molar-refractivity contribution in [1.82, 2.24) is 10.2 Å². The minimum absolute atomic E-state index is 0.00976. The van der Waals surface area contributed by atoms with Crippen molar-refractivity contribution in [2.75, 3.05) is 43.0 Å². The van der Waals surface area contributed by atoms with Gasteiger partial charge in [0, 0.05) is 31.4 Å². The van der Waals surface area contributed by atoms with Gasteiger partial charge in [-0.1, -0.05) is 0 Å². The number of rotatable bonds is 4. The highest BCUT2D eigenvalue weighted by Crippen LogP contribution is 2.33. The molecule has 1 aromatic carbocycles. The SMILES string of the molecule is CC(C)(C)OC(=O)NC1CCN(C[C@@H]2CN(c3ccc4c(c3)NC(=O)CO4)C(=O)O2)CC1. The first-order valence-corrected chi connectivity index (χ1v) is 10.9. The molecule has 3 amide bonds. The zero-order valence-corrected chi connectivity index (χ0v) is 18.7. The van der Waals surface area contributed by atoms with Crippen molar-refractivity contribution < 1.29 is 28.6 Å². The Morgan fingerprint density at radius 2 is 2.00 bits per heavy atom. The second-order valence-electron chi connectivity index (χ2n) is 9.35. The monoisotopic (exact) mass is 446 g/mol. The molecule has 0 bridgehead atoms. The summed E-state index contributed by atoms with van der Waals surface area (Å²) in [4.78, 5) is 39.8. The lowest BCUT2D eigenvalue weighted by Gasteiger charge is -2.33. The van der Waals surface area contributed by atoms with E-state index < -0.39 is 11.7 Å². The molecule has 0 unspecified atom stereocenters. The summed E-state index contributed by atoms with van der Waals surface area (Å²) in [5, 5.41) is 5.69. The quantitative estimate of drug-likeness (QED) is 0.731. The van der Waals surface area contributed by atoms with E-state index in [4.69, 9.17) is 14.2 Å². The second-order valence-corrected chi connectivity index (χ2v) is 9.35. The van der Waals surface area contributed by atoms with Crippen molar-refractivity contribution in [3.05, 3.63) is 18.2 Å². The molecule has 1 atom stereocenters. The summed E-state index contributed by atoms with van der Waals surface area (Å²) in [6.07, 6.45) is 0.588. The summed E-state index contributed by atoms with van der Waals surface area (Å²) in [5.74, 6) is 0.362. The third-order valence-corrected chi connectivity index (χ3v) is 5.55. The Bertz CT molecular complexity index is 891. The van der Waals surface area contributed by atoms with Gasteiger partial charge in [-0.15, -0.1) is 0 Å². The number of alkyl carbamates (subject to hydrolysis) is 1. The first-order valence-electron chi connectivity index (χ1n) is 10.9. The lowest BCUT2D eigenvalue weighted by Crippen LogP contribution is -2.47. The Morgan fingerprint density at radius 1 is 1.25 bits per heavy atom. The van der Waals surface area contributed by atoms with E-state index >= 15 is 0 Å². The number of piperidine rings is 1. The maximum Gasteiger partial charge on any atom is 0.414 e. The lowest BCUT2D eigenvalue weighted by atomic mass is 10.0. The molecule has 0 spiro atoms. The van der Waals surface area contributed by atoms with Gasteiger partial charge < -0.3 is 24.8 Å². The molecular formula is C22H30N4O6. The fraction of sp³-hybridized carbons (Fsp3) is 0.591. The number of hydrogen-bond acceptors (Lipinski definition) is 7. The van der Waals surface area contributed by atoms with Crippen LogP contribution in [0.4, 0.5) is 21.0 Å². The van der Waals surface area contributed by atoms with Crippen LogP contribution in [0.25, 0.3) is 0 Å². The fourth-order valence-electron chi connectivity index (χ4n) is 4.09. The van der Waals surface area contributed by atoms with E-state index in [2.05, 4.69) is 15.5 Å². The molecule has 174 valence electrons. The number of amides is 3. The number of nitrogens with zero attached hydrogens (tertiary/aromatic N) is 2. The molecule has 32 heavy (non-hydrogen) atoms. The van der Waals surface area contributed by atoms with Crippen LogP contribution in [0.2, 0.25) is 0 Å². The molecule has 3 aliphatic heterocycles. The molecule has 3 aliphatic rings. The summed E-state index contributed by atoms with van der Waals surface area (Å²) in [7, 11) is 0. The van der Waals surface area contributed by atoms with Gasteiger partial charge in [0.1, 0.15) is 17.5 Å². The van der Waals surface area contributed by atoms with E-state index in [1.807, 2.05) is 20.8 Å². The number of benzene rings is 1. The Morgan fingerprint density at radius 3 is 2.72 bits per heavy atom. The topological polar surface area (TPSA) is 109 Å². The maximum atomic E-state index is 12.5. The average molecular weight is 447 g/mol. The van der Waals surface area contributed by atoms with Crippen LogP contribution >= 0.6 is 0 Å². The van der Waals surface area contributed by atoms with Crippen LogP contribution in [0, 0.1) is 0 Å². The molecule has 0 aromatic heterocycles. The number of likely N-dealkylation sites (tertiary alicyclic amines) is 1. The molecule has 0 aliphatic carbocycles. The minimum Gasteiger partial charge on any atom is -0.482 e. The van der Waals surface area contributed by atoms with Crippen LogP contribution in [0.1, 0.15) is 33.6 Å². The molecule has 2 N–H and O–H groups in total. The van der Waals surface area contributed by atoms with Gasteiger partial charge in [-0.05, 0) is 51.8 Å². The van der Waals surface area contributed by atoms with Crippen LogP contribution in [-0.4, -0.2) is 73.5 Å². The predicted octanol–water partition coefficient (Wildman–Crippen LogP) is 2.33. The number of cyclic esters (lactones) is 1. The molecule has 1 aromatic rings. The average Bonchev–Trinajstić information content (AvgIpc) is 3.07. The van der Waals surface area contributed by atoms with Crippen LogP contribution in [0.3, 0.4) is 0 Å². The van der Waals surface area contributed by atoms with Gasteiger partial charge in [-0.25, -0.2) is 9.59 Å². The Kier molecular flexibility index (Phi) is 6.14. The standard InChI is InChI=1S/C22H30N4O6/c1-22(2,3)32-20(28)23-14-6-8-25(9-7-14)11-16-12-26(21(29)31-16)15-4-5-18-17(10-15)24-19(27)13-30-18/h4-5,10,14,16H,6-9,11-13H2,1-3H3,(H,23,28)(H,24,27)/t16-/m1/s1. The highest BCUT2D eigenvalue weighted by atomic mass is 16.6. The molecule has 0 radical (unpaired) electrons. The van der Waals surface area contributed by atoms with E-state index in [0.717, 1.165) is 25.9 Å². The Hall–Kier alpha value is -3.01. The summed E-state index contributed by atoms with van der Waals surface area (Å²) >= 11 is 0. The third-order valence-electron chi connectivity index (χ3n) is 5.55. The molecule has 4 rings (SSSR count). The van der Waals surface area contributed by atoms with E-state index in [1.54, 1.807) is 23.1 Å². The van der Waals surface area contributed by atoms with Crippen molar-refractivity contribution in [2.24, 2.45) is 0 Å². The first kappa shape index (κ1) is 22.2. The number of fused-ring (bicyclic) bond motifs is 1. The zero-order valence-electron chi connectivity index (χ0n) is 18.7. The fourth-order valence-corrected chi connectivity index (χ4v) is 4.09. The highest BCUT2D eigenvalue weighted by molar-refractivity contribution is 5.97. The van der Waals surface area contributed by atoms with Gasteiger partial charge in [0.05, 0.1) is 12.2 Å². The van der Waals surface area contributed by atoms with Gasteiger partial charge in [-0.2, -0.15) is 0 Å². The highest BCUT2D eigenvalue weighted by Gasteiger charge is 2.35. The van der Waals surface area contributed by atoms with E-state index in [9.17, 15) is 14.4 Å². The Labute approximate surface area is 187 Å². The number of carbonyl (C=O) groups is 3. The van der Waals surface area contributed by atoms with Crippen molar-refractivity contribution in [3.8, 4) is 5.75 Å². The first-order chi connectivity index (χ1) is 15.2. The summed E-state index contributed by atoms with van der Waals surface area (Å²) in [5.41, 5.74) is 0.691. The van der Waals surface area contributed by atoms with E-state index in [1.165, 1.54) is 0 Å². The molecule has 10 heteroatoms. The molecule has 3 heterocycles. The summed E-state index contributed by atoms with van der Waals surface area (Å²) < 4.78 is 16.3. The maximum absolute atomic E-state index is 12.5. The van der Waals surface area contributed by atoms with Gasteiger partial charge in [0.2, 0.25) is 0 Å².